The molecule has 3 atom stereocenters. The van der Waals surface area contributed by atoms with E-state index in [-0.39, 0.29) is 13.0 Å². The molecular formula is C22H26N2O7S. The van der Waals surface area contributed by atoms with Gasteiger partial charge in [0.2, 0.25) is 5.91 Å². The number of alkyl carbamates (subject to hydrolysis) is 1. The summed E-state index contributed by atoms with van der Waals surface area (Å²) < 4.78 is 15.5. The van der Waals surface area contributed by atoms with Crippen LogP contribution in [0.2, 0.25) is 0 Å². The quantitative estimate of drug-likeness (QED) is 0.388. The molecule has 0 bridgehead atoms. The molecule has 172 valence electrons. The number of hydrogen-bond acceptors (Lipinski definition) is 8. The maximum absolute atomic E-state index is 13.0. The molecule has 0 spiro atoms. The summed E-state index contributed by atoms with van der Waals surface area (Å²) in [5, 5.41) is 3.66. The topological polar surface area (TPSA) is 111 Å². The standard InChI is InChI=1S/C22H26N2O7S/c1-22(2,3)31-20(27)17-14(11-30-15(25)10-13-8-6-5-7-9-13)12-32-19-16(18(26)24(17)19)23-21(28)29-4/h5-9,12,16-17,19H,10-11H2,1-4H3,(H,23,28)/t16-,17-,19-/m1/s1. The zero-order valence-corrected chi connectivity index (χ0v) is 19.1. The number of amides is 2. The molecule has 1 fully saturated rings. The van der Waals surface area contributed by atoms with Crippen molar-refractivity contribution in [2.45, 2.75) is 50.3 Å². The van der Waals surface area contributed by atoms with Crippen molar-refractivity contribution in [3.8, 4) is 0 Å². The Morgan fingerprint density at radius 1 is 1.16 bits per heavy atom. The van der Waals surface area contributed by atoms with Crippen LogP contribution in [-0.2, 0) is 35.0 Å². The number of β-lactam (4-membered cyclic amide) rings is 1. The number of fused-ring (bicyclic) bond motifs is 1. The Labute approximate surface area is 190 Å². The molecule has 2 aliphatic heterocycles. The molecule has 1 aromatic carbocycles. The fourth-order valence-corrected chi connectivity index (χ4v) is 4.55. The largest absolute Gasteiger partial charge is 0.461 e. The van der Waals surface area contributed by atoms with Crippen LogP contribution < -0.4 is 5.32 Å². The van der Waals surface area contributed by atoms with E-state index in [4.69, 9.17) is 9.47 Å². The van der Waals surface area contributed by atoms with Gasteiger partial charge in [-0.2, -0.15) is 0 Å². The molecule has 0 radical (unpaired) electrons. The van der Waals surface area contributed by atoms with E-state index in [1.54, 1.807) is 26.2 Å². The van der Waals surface area contributed by atoms with Crippen molar-refractivity contribution < 1.29 is 33.4 Å². The lowest BCUT2D eigenvalue weighted by Crippen LogP contribution is -2.74. The fraction of sp³-hybridized carbons (Fsp3) is 0.455. The van der Waals surface area contributed by atoms with Gasteiger partial charge in [-0.15, -0.1) is 11.8 Å². The smallest absolute Gasteiger partial charge is 0.407 e. The van der Waals surface area contributed by atoms with Crippen molar-refractivity contribution in [2.75, 3.05) is 13.7 Å². The third-order valence-corrected chi connectivity index (χ3v) is 5.96. The van der Waals surface area contributed by atoms with E-state index >= 15 is 0 Å². The number of methoxy groups -OCH3 is 1. The number of benzene rings is 1. The minimum Gasteiger partial charge on any atom is -0.461 e. The van der Waals surface area contributed by atoms with Gasteiger partial charge in [0, 0.05) is 5.57 Å². The van der Waals surface area contributed by atoms with E-state index in [2.05, 4.69) is 10.1 Å². The molecule has 10 heteroatoms. The van der Waals surface area contributed by atoms with Crippen LogP contribution in [-0.4, -0.2) is 65.6 Å². The van der Waals surface area contributed by atoms with Crippen molar-refractivity contribution in [1.29, 1.82) is 0 Å². The summed E-state index contributed by atoms with van der Waals surface area (Å²) in [7, 11) is 1.20. The zero-order chi connectivity index (χ0) is 23.5. The second-order valence-electron chi connectivity index (χ2n) is 8.34. The molecule has 9 nitrogen and oxygen atoms in total. The molecule has 0 unspecified atom stereocenters. The lowest BCUT2D eigenvalue weighted by Gasteiger charge is -2.51. The predicted octanol–water partition coefficient (Wildman–Crippen LogP) is 2.01. The van der Waals surface area contributed by atoms with Crippen LogP contribution in [0.3, 0.4) is 0 Å². The number of nitrogens with zero attached hydrogens (tertiary/aromatic N) is 1. The fourth-order valence-electron chi connectivity index (χ4n) is 3.34. The number of rotatable bonds is 6. The van der Waals surface area contributed by atoms with Gasteiger partial charge >= 0.3 is 18.0 Å². The number of carbonyl (C=O) groups is 4. The van der Waals surface area contributed by atoms with Gasteiger partial charge in [0.25, 0.3) is 0 Å². The third-order valence-electron chi connectivity index (χ3n) is 4.75. The van der Waals surface area contributed by atoms with Gasteiger partial charge in [0.05, 0.1) is 13.5 Å². The van der Waals surface area contributed by atoms with Crippen LogP contribution in [0, 0.1) is 0 Å². The second-order valence-corrected chi connectivity index (χ2v) is 9.33. The van der Waals surface area contributed by atoms with E-state index in [0.29, 0.717) is 5.57 Å². The first kappa shape index (κ1) is 23.6. The highest BCUT2D eigenvalue weighted by molar-refractivity contribution is 8.02. The van der Waals surface area contributed by atoms with Crippen LogP contribution in [0.4, 0.5) is 4.79 Å². The Morgan fingerprint density at radius 2 is 1.84 bits per heavy atom. The monoisotopic (exact) mass is 462 g/mol. The summed E-state index contributed by atoms with van der Waals surface area (Å²) in [6.45, 7) is 5.02. The Kier molecular flexibility index (Phi) is 7.12. The van der Waals surface area contributed by atoms with Crippen molar-refractivity contribution in [2.24, 2.45) is 0 Å². The van der Waals surface area contributed by atoms with Gasteiger partial charge < -0.3 is 24.4 Å². The summed E-state index contributed by atoms with van der Waals surface area (Å²) in [5.74, 6) is -1.52. The first-order valence-electron chi connectivity index (χ1n) is 10.0. The van der Waals surface area contributed by atoms with Gasteiger partial charge in [-0.1, -0.05) is 30.3 Å². The minimum absolute atomic E-state index is 0.0920. The first-order valence-corrected chi connectivity index (χ1v) is 11.0. The van der Waals surface area contributed by atoms with Gasteiger partial charge in [-0.05, 0) is 31.7 Å². The lowest BCUT2D eigenvalue weighted by atomic mass is 9.98. The van der Waals surface area contributed by atoms with E-state index in [1.807, 2.05) is 30.3 Å². The predicted molar refractivity (Wildman–Crippen MR) is 116 cm³/mol. The molecular weight excluding hydrogens is 436 g/mol. The summed E-state index contributed by atoms with van der Waals surface area (Å²) in [5.41, 5.74) is 0.471. The molecule has 1 N–H and O–H groups in total. The van der Waals surface area contributed by atoms with Gasteiger partial charge in [-0.3, -0.25) is 9.59 Å². The Balaban J connectivity index is 1.73. The SMILES string of the molecule is COC(=O)N[C@@H]1C(=O)N2[C@@H](C(=O)OC(C)(C)C)C(COC(=O)Cc3ccccc3)=CS[C@H]12. The summed E-state index contributed by atoms with van der Waals surface area (Å²) in [6, 6.07) is 7.28. The highest BCUT2D eigenvalue weighted by atomic mass is 32.2. The van der Waals surface area contributed by atoms with Crippen molar-refractivity contribution in [1.82, 2.24) is 10.2 Å². The number of nitrogens with one attached hydrogen (secondary N) is 1. The molecule has 2 aliphatic rings. The molecule has 32 heavy (non-hydrogen) atoms. The summed E-state index contributed by atoms with van der Waals surface area (Å²) in [6.07, 6.45) is -0.642. The zero-order valence-electron chi connectivity index (χ0n) is 18.3. The molecule has 0 aliphatic carbocycles. The second kappa shape index (κ2) is 9.64. The molecule has 0 aromatic heterocycles. The highest BCUT2D eigenvalue weighted by Crippen LogP contribution is 2.40. The van der Waals surface area contributed by atoms with E-state index < -0.39 is 47.0 Å². The molecule has 3 rings (SSSR count). The van der Waals surface area contributed by atoms with Crippen LogP contribution in [0.25, 0.3) is 0 Å². The number of carbonyl (C=O) groups excluding carboxylic acids is 4. The van der Waals surface area contributed by atoms with Crippen molar-refractivity contribution in [3.63, 3.8) is 0 Å². The number of esters is 2. The average Bonchev–Trinajstić information content (AvgIpc) is 2.74. The lowest BCUT2D eigenvalue weighted by molar-refractivity contribution is -0.170. The third kappa shape index (κ3) is 5.42. The van der Waals surface area contributed by atoms with Crippen molar-refractivity contribution >= 4 is 35.7 Å². The molecule has 1 saturated heterocycles. The Morgan fingerprint density at radius 3 is 2.47 bits per heavy atom. The molecule has 0 saturated carbocycles. The highest BCUT2D eigenvalue weighted by Gasteiger charge is 2.56. The summed E-state index contributed by atoms with van der Waals surface area (Å²) in [4.78, 5) is 50.9. The van der Waals surface area contributed by atoms with Gasteiger partial charge in [-0.25, -0.2) is 9.59 Å². The minimum atomic E-state index is -1.05. The Bertz CT molecular complexity index is 926. The maximum atomic E-state index is 13.0. The number of thioether (sulfide) groups is 1. The van der Waals surface area contributed by atoms with E-state index in [9.17, 15) is 19.2 Å². The molecule has 1 aromatic rings. The number of hydrogen-bond donors (Lipinski definition) is 1. The normalized spacial score (nSPS) is 22.1. The average molecular weight is 463 g/mol. The van der Waals surface area contributed by atoms with Gasteiger partial charge in [0.15, 0.2) is 6.04 Å². The van der Waals surface area contributed by atoms with Crippen molar-refractivity contribution in [3.05, 3.63) is 46.9 Å². The van der Waals surface area contributed by atoms with Crippen LogP contribution in [0.15, 0.2) is 41.3 Å². The van der Waals surface area contributed by atoms with E-state index in [1.165, 1.54) is 23.8 Å². The maximum Gasteiger partial charge on any atom is 0.407 e. The summed E-state index contributed by atoms with van der Waals surface area (Å²) >= 11 is 1.25. The Hall–Kier alpha value is -3.01. The molecule has 2 heterocycles. The van der Waals surface area contributed by atoms with E-state index in [0.717, 1.165) is 5.56 Å². The van der Waals surface area contributed by atoms with Crippen LogP contribution in [0.1, 0.15) is 26.3 Å². The molecule has 2 amide bonds. The number of ether oxygens (including phenoxy) is 3. The van der Waals surface area contributed by atoms with Crippen LogP contribution in [0.5, 0.6) is 0 Å². The van der Waals surface area contributed by atoms with Gasteiger partial charge in [0.1, 0.15) is 23.6 Å². The first-order chi connectivity index (χ1) is 15.1. The van der Waals surface area contributed by atoms with Crippen LogP contribution >= 0.6 is 11.8 Å².